The standard InChI is InChI=1S/C24H29N5O3S2/c1-3-4-5-10-29-23(32)18(34-24(29)33)14-17-21(27-12-8-16(9-13-27)19(25)30)26-20-15(2)7-6-11-28(20)22(17)31/h6-7,11,14,16H,3-5,8-10,12-13H2,1-2H3,(H2,25,30)/b18-14+. The number of nitrogens with two attached hydrogens (primary N) is 1. The molecule has 2 aromatic rings. The molecule has 0 aliphatic carbocycles. The molecule has 2 saturated heterocycles. The zero-order valence-corrected chi connectivity index (χ0v) is 21.1. The van der Waals surface area contributed by atoms with Gasteiger partial charge in [0.15, 0.2) is 0 Å². The fraction of sp³-hybridized carbons (Fsp3) is 0.458. The van der Waals surface area contributed by atoms with E-state index in [4.69, 9.17) is 22.9 Å². The Bertz CT molecular complexity index is 1230. The fourth-order valence-corrected chi connectivity index (χ4v) is 5.68. The molecule has 34 heavy (non-hydrogen) atoms. The Labute approximate surface area is 208 Å². The number of thioether (sulfide) groups is 1. The Morgan fingerprint density at radius 1 is 1.29 bits per heavy atom. The Morgan fingerprint density at radius 2 is 2.03 bits per heavy atom. The summed E-state index contributed by atoms with van der Waals surface area (Å²) in [6, 6.07) is 3.71. The van der Waals surface area contributed by atoms with E-state index in [-0.39, 0.29) is 23.3 Å². The molecule has 2 N–H and O–H groups in total. The van der Waals surface area contributed by atoms with Crippen LogP contribution in [0.25, 0.3) is 11.7 Å². The lowest BCUT2D eigenvalue weighted by atomic mass is 9.96. The van der Waals surface area contributed by atoms with Crippen molar-refractivity contribution in [3.05, 3.63) is 44.7 Å². The van der Waals surface area contributed by atoms with E-state index in [1.807, 2.05) is 17.9 Å². The van der Waals surface area contributed by atoms with Gasteiger partial charge in [0.1, 0.15) is 15.8 Å². The summed E-state index contributed by atoms with van der Waals surface area (Å²) in [5.41, 5.74) is 7.07. The summed E-state index contributed by atoms with van der Waals surface area (Å²) in [4.78, 5) is 47.3. The molecule has 0 aromatic carbocycles. The minimum Gasteiger partial charge on any atom is -0.369 e. The van der Waals surface area contributed by atoms with Crippen molar-refractivity contribution in [1.82, 2.24) is 14.3 Å². The molecule has 2 aliphatic heterocycles. The maximum Gasteiger partial charge on any atom is 0.267 e. The molecule has 2 aliphatic rings. The molecular formula is C24H29N5O3S2. The Hall–Kier alpha value is -2.72. The van der Waals surface area contributed by atoms with Gasteiger partial charge in [0.05, 0.1) is 10.5 Å². The minimum atomic E-state index is -0.297. The number of primary amides is 1. The highest BCUT2D eigenvalue weighted by atomic mass is 32.2. The van der Waals surface area contributed by atoms with Crippen LogP contribution in [0, 0.1) is 12.8 Å². The highest BCUT2D eigenvalue weighted by Crippen LogP contribution is 2.34. The molecule has 0 saturated carbocycles. The molecule has 0 spiro atoms. The fourth-order valence-electron chi connectivity index (χ4n) is 4.39. The lowest BCUT2D eigenvalue weighted by molar-refractivity contribution is -0.123. The first-order valence-corrected chi connectivity index (χ1v) is 12.9. The smallest absolute Gasteiger partial charge is 0.267 e. The van der Waals surface area contributed by atoms with Crippen LogP contribution in [-0.4, -0.2) is 50.1 Å². The predicted octanol–water partition coefficient (Wildman–Crippen LogP) is 3.10. The summed E-state index contributed by atoms with van der Waals surface area (Å²) >= 11 is 6.68. The molecule has 10 heteroatoms. The number of hydrogen-bond donors (Lipinski definition) is 1. The van der Waals surface area contributed by atoms with Gasteiger partial charge in [0, 0.05) is 31.7 Å². The summed E-state index contributed by atoms with van der Waals surface area (Å²) in [6.45, 7) is 5.71. The van der Waals surface area contributed by atoms with Gasteiger partial charge < -0.3 is 10.6 Å². The van der Waals surface area contributed by atoms with Crippen LogP contribution in [0.15, 0.2) is 28.0 Å². The van der Waals surface area contributed by atoms with Crippen molar-refractivity contribution < 1.29 is 9.59 Å². The van der Waals surface area contributed by atoms with Crippen LogP contribution in [0.3, 0.4) is 0 Å². The molecule has 2 aromatic heterocycles. The highest BCUT2D eigenvalue weighted by Gasteiger charge is 2.33. The Kier molecular flexibility index (Phi) is 7.37. The first-order chi connectivity index (χ1) is 16.3. The normalized spacial score (nSPS) is 18.5. The average molecular weight is 500 g/mol. The first kappa shape index (κ1) is 24.4. The number of anilines is 1. The van der Waals surface area contributed by atoms with E-state index in [9.17, 15) is 14.4 Å². The predicted molar refractivity (Wildman–Crippen MR) is 140 cm³/mol. The Morgan fingerprint density at radius 3 is 2.71 bits per heavy atom. The number of carbonyl (C=O) groups excluding carboxylic acids is 2. The second-order valence-electron chi connectivity index (χ2n) is 8.74. The molecule has 4 rings (SSSR count). The van der Waals surface area contributed by atoms with Crippen molar-refractivity contribution in [1.29, 1.82) is 0 Å². The molecule has 0 bridgehead atoms. The number of rotatable bonds is 7. The van der Waals surface area contributed by atoms with Crippen molar-refractivity contribution in [2.45, 2.75) is 46.0 Å². The van der Waals surface area contributed by atoms with E-state index in [1.54, 1.807) is 23.2 Å². The second kappa shape index (κ2) is 10.3. The number of aromatic nitrogens is 2. The molecule has 2 amide bonds. The van der Waals surface area contributed by atoms with Gasteiger partial charge in [0.25, 0.3) is 11.5 Å². The van der Waals surface area contributed by atoms with Gasteiger partial charge in [-0.1, -0.05) is 49.8 Å². The van der Waals surface area contributed by atoms with Gasteiger partial charge in [-0.05, 0) is 43.9 Å². The number of unbranched alkanes of at least 4 members (excludes halogenated alkanes) is 2. The third kappa shape index (κ3) is 4.74. The summed E-state index contributed by atoms with van der Waals surface area (Å²) < 4.78 is 2.03. The molecule has 180 valence electrons. The topological polar surface area (TPSA) is 101 Å². The summed E-state index contributed by atoms with van der Waals surface area (Å²) in [5.74, 6) is -0.118. The maximum atomic E-state index is 13.6. The highest BCUT2D eigenvalue weighted by molar-refractivity contribution is 8.26. The summed E-state index contributed by atoms with van der Waals surface area (Å²) in [5, 5.41) is 0. The van der Waals surface area contributed by atoms with Crippen molar-refractivity contribution in [2.75, 3.05) is 24.5 Å². The number of hydrogen-bond acceptors (Lipinski definition) is 7. The Balaban J connectivity index is 1.76. The van der Waals surface area contributed by atoms with E-state index in [2.05, 4.69) is 6.92 Å². The number of thiocarbonyl (C=S) groups is 1. The maximum absolute atomic E-state index is 13.6. The number of aryl methyl sites for hydroxylation is 1. The van der Waals surface area contributed by atoms with Crippen LogP contribution in [-0.2, 0) is 9.59 Å². The lowest BCUT2D eigenvalue weighted by Gasteiger charge is -2.32. The van der Waals surface area contributed by atoms with Crippen molar-refractivity contribution in [3.8, 4) is 0 Å². The number of piperidine rings is 1. The van der Waals surface area contributed by atoms with Gasteiger partial charge in [-0.25, -0.2) is 4.98 Å². The van der Waals surface area contributed by atoms with E-state index in [0.29, 0.717) is 58.7 Å². The van der Waals surface area contributed by atoms with Gasteiger partial charge in [-0.2, -0.15) is 0 Å². The van der Waals surface area contributed by atoms with Gasteiger partial charge in [-0.15, -0.1) is 0 Å². The molecule has 4 heterocycles. The minimum absolute atomic E-state index is 0.168. The van der Waals surface area contributed by atoms with E-state index < -0.39 is 0 Å². The zero-order chi connectivity index (χ0) is 24.4. The van der Waals surface area contributed by atoms with Crippen LogP contribution in [0.4, 0.5) is 5.82 Å². The van der Waals surface area contributed by atoms with E-state index in [0.717, 1.165) is 24.8 Å². The van der Waals surface area contributed by atoms with Crippen molar-refractivity contribution in [2.24, 2.45) is 11.7 Å². The molecule has 8 nitrogen and oxygen atoms in total. The third-order valence-corrected chi connectivity index (χ3v) is 7.77. The lowest BCUT2D eigenvalue weighted by Crippen LogP contribution is -2.40. The van der Waals surface area contributed by atoms with E-state index >= 15 is 0 Å². The largest absolute Gasteiger partial charge is 0.369 e. The van der Waals surface area contributed by atoms with Crippen LogP contribution < -0.4 is 16.2 Å². The quantitative estimate of drug-likeness (QED) is 0.355. The van der Waals surface area contributed by atoms with E-state index in [1.165, 1.54) is 16.2 Å². The number of fused-ring (bicyclic) bond motifs is 1. The summed E-state index contributed by atoms with van der Waals surface area (Å²) in [6.07, 6.45) is 7.49. The van der Waals surface area contributed by atoms with Gasteiger partial charge >= 0.3 is 0 Å². The number of pyridine rings is 1. The molecule has 2 fully saturated rings. The van der Waals surface area contributed by atoms with Crippen LogP contribution in [0.1, 0.15) is 50.2 Å². The SMILES string of the molecule is CCCCCN1C(=O)/C(=C\c2c(N3CCC(C(N)=O)CC3)nc3c(C)cccn3c2=O)SC1=S. The summed E-state index contributed by atoms with van der Waals surface area (Å²) in [7, 11) is 0. The molecule has 0 radical (unpaired) electrons. The number of carbonyl (C=O) groups is 2. The number of nitrogens with zero attached hydrogens (tertiary/aromatic N) is 4. The molecule has 0 unspecified atom stereocenters. The monoisotopic (exact) mass is 499 g/mol. The van der Waals surface area contributed by atoms with Gasteiger partial charge in [0.2, 0.25) is 5.91 Å². The van der Waals surface area contributed by atoms with Crippen LogP contribution in [0.2, 0.25) is 0 Å². The van der Waals surface area contributed by atoms with Gasteiger partial charge in [-0.3, -0.25) is 23.7 Å². The van der Waals surface area contributed by atoms with Crippen molar-refractivity contribution in [3.63, 3.8) is 0 Å². The average Bonchev–Trinajstić information content (AvgIpc) is 3.08. The molecule has 0 atom stereocenters. The zero-order valence-electron chi connectivity index (χ0n) is 19.5. The number of amides is 2. The van der Waals surface area contributed by atoms with Crippen LogP contribution in [0.5, 0.6) is 0 Å². The third-order valence-electron chi connectivity index (χ3n) is 6.40. The van der Waals surface area contributed by atoms with Crippen LogP contribution >= 0.6 is 24.0 Å². The first-order valence-electron chi connectivity index (χ1n) is 11.6. The van der Waals surface area contributed by atoms with Crippen molar-refractivity contribution >= 4 is 57.7 Å². The molecular weight excluding hydrogens is 470 g/mol. The second-order valence-corrected chi connectivity index (χ2v) is 10.4.